The Bertz CT molecular complexity index is 839. The van der Waals surface area contributed by atoms with E-state index in [1.54, 1.807) is 6.20 Å². The number of amides is 2. The van der Waals surface area contributed by atoms with Crippen LogP contribution in [0, 0.1) is 6.92 Å². The van der Waals surface area contributed by atoms with Crippen LogP contribution in [0.25, 0.3) is 0 Å². The first-order chi connectivity index (χ1) is 13.2. The van der Waals surface area contributed by atoms with Crippen LogP contribution in [0.3, 0.4) is 0 Å². The number of alkyl carbamates (subject to hydrolysis) is 1. The number of aryl methyl sites for hydroxylation is 1. The van der Waals surface area contributed by atoms with E-state index in [9.17, 15) is 9.59 Å². The Kier molecular flexibility index (Phi) is 6.02. The maximum atomic E-state index is 12.1. The molecule has 1 saturated carbocycles. The molecule has 0 radical (unpaired) electrons. The minimum absolute atomic E-state index is 0.109. The third kappa shape index (κ3) is 5.79. The molecule has 2 amide bonds. The molecule has 2 aromatic rings. The molecule has 3 rings (SSSR count). The zero-order valence-corrected chi connectivity index (χ0v) is 17.5. The van der Waals surface area contributed by atoms with Gasteiger partial charge in [0.15, 0.2) is 5.82 Å². The number of rotatable bonds is 5. The molecule has 2 aromatic heterocycles. The lowest BCUT2D eigenvalue weighted by Gasteiger charge is -2.22. The molecule has 1 fully saturated rings. The van der Waals surface area contributed by atoms with Crippen molar-refractivity contribution in [2.24, 2.45) is 0 Å². The lowest BCUT2D eigenvalue weighted by atomic mass is 10.0. The van der Waals surface area contributed by atoms with E-state index in [2.05, 4.69) is 25.8 Å². The van der Waals surface area contributed by atoms with Crippen molar-refractivity contribution in [3.63, 3.8) is 0 Å². The van der Waals surface area contributed by atoms with Crippen LogP contribution in [0.15, 0.2) is 12.3 Å². The summed E-state index contributed by atoms with van der Waals surface area (Å²) in [6.45, 7) is 7.72. The number of hydrogen-bond acceptors (Lipinski definition) is 6. The summed E-state index contributed by atoms with van der Waals surface area (Å²) in [7, 11) is 0. The van der Waals surface area contributed by atoms with Crippen LogP contribution in [-0.4, -0.2) is 38.8 Å². The Labute approximate surface area is 168 Å². The van der Waals surface area contributed by atoms with Gasteiger partial charge in [0.25, 0.3) is 0 Å². The van der Waals surface area contributed by atoms with Gasteiger partial charge in [-0.15, -0.1) is 11.3 Å². The van der Waals surface area contributed by atoms with Gasteiger partial charge in [-0.25, -0.2) is 9.78 Å². The number of carbonyl (C=O) groups is 2. The average Bonchev–Trinajstić information content (AvgIpc) is 3.27. The largest absolute Gasteiger partial charge is 0.446 e. The Morgan fingerprint density at radius 2 is 2.14 bits per heavy atom. The van der Waals surface area contributed by atoms with Gasteiger partial charge in [-0.3, -0.25) is 9.89 Å². The van der Waals surface area contributed by atoms with Crippen molar-refractivity contribution in [2.75, 3.05) is 5.32 Å². The highest BCUT2D eigenvalue weighted by molar-refractivity contribution is 7.11. The van der Waals surface area contributed by atoms with E-state index in [-0.39, 0.29) is 36.0 Å². The fraction of sp³-hybridized carbons (Fsp3) is 0.579. The van der Waals surface area contributed by atoms with Crippen molar-refractivity contribution in [3.05, 3.63) is 27.8 Å². The molecule has 9 heteroatoms. The monoisotopic (exact) mass is 405 g/mol. The van der Waals surface area contributed by atoms with Crippen LogP contribution in [0.5, 0.6) is 0 Å². The second-order valence-corrected chi connectivity index (χ2v) is 9.53. The Morgan fingerprint density at radius 3 is 2.82 bits per heavy atom. The number of H-pyrrole nitrogens is 1. The first-order valence-electron chi connectivity index (χ1n) is 9.43. The van der Waals surface area contributed by atoms with Gasteiger partial charge < -0.3 is 15.4 Å². The number of thiazole rings is 1. The van der Waals surface area contributed by atoms with Crippen molar-refractivity contribution in [2.45, 2.75) is 70.9 Å². The van der Waals surface area contributed by atoms with E-state index in [1.807, 2.05) is 33.8 Å². The van der Waals surface area contributed by atoms with Crippen molar-refractivity contribution in [1.29, 1.82) is 0 Å². The molecule has 2 atom stereocenters. The lowest BCUT2D eigenvalue weighted by Crippen LogP contribution is -2.42. The van der Waals surface area contributed by atoms with E-state index in [4.69, 9.17) is 4.74 Å². The normalized spacial score (nSPS) is 19.4. The molecule has 3 N–H and O–H groups in total. The van der Waals surface area contributed by atoms with Crippen LogP contribution >= 0.6 is 11.3 Å². The number of nitrogens with zero attached hydrogens (tertiary/aromatic N) is 2. The molecule has 0 spiro atoms. The van der Waals surface area contributed by atoms with Gasteiger partial charge >= 0.3 is 6.09 Å². The van der Waals surface area contributed by atoms with Crippen LogP contribution in [-0.2, 0) is 16.0 Å². The highest BCUT2D eigenvalue weighted by Crippen LogP contribution is 2.35. The molecular weight excluding hydrogens is 378 g/mol. The van der Waals surface area contributed by atoms with E-state index in [1.165, 1.54) is 11.3 Å². The first kappa shape index (κ1) is 20.3. The number of ether oxygens (including phenoxy) is 1. The first-order valence-corrected chi connectivity index (χ1v) is 10.2. The highest BCUT2D eigenvalue weighted by Gasteiger charge is 2.30. The van der Waals surface area contributed by atoms with Crippen molar-refractivity contribution in [3.8, 4) is 0 Å². The number of aromatic nitrogens is 3. The smallest absolute Gasteiger partial charge is 0.407 e. The fourth-order valence-corrected chi connectivity index (χ4v) is 4.02. The summed E-state index contributed by atoms with van der Waals surface area (Å²) in [4.78, 5) is 29.4. The molecule has 152 valence electrons. The van der Waals surface area contributed by atoms with Gasteiger partial charge in [-0.1, -0.05) is 0 Å². The van der Waals surface area contributed by atoms with E-state index in [0.29, 0.717) is 5.82 Å². The van der Waals surface area contributed by atoms with Crippen LogP contribution in [0.1, 0.15) is 61.5 Å². The second-order valence-electron chi connectivity index (χ2n) is 8.21. The average molecular weight is 406 g/mol. The maximum Gasteiger partial charge on any atom is 0.407 e. The summed E-state index contributed by atoms with van der Waals surface area (Å²) >= 11 is 1.51. The van der Waals surface area contributed by atoms with Gasteiger partial charge in [-0.2, -0.15) is 5.10 Å². The van der Waals surface area contributed by atoms with Crippen molar-refractivity contribution < 1.29 is 14.3 Å². The standard InChI is InChI=1S/C19H27N5O3S/c1-11-10-20-17(28-11)9-16(25)21-15-8-14(23-24-15)12-5-6-13(7-12)27-18(26)22-19(2,3)4/h8,10,12-13H,5-7,9H2,1-4H3,(H,22,26)(H2,21,23,24,25). The summed E-state index contributed by atoms with van der Waals surface area (Å²) in [5, 5.41) is 13.6. The molecule has 1 aliphatic rings. The third-order valence-electron chi connectivity index (χ3n) is 4.42. The molecular formula is C19H27N5O3S. The Morgan fingerprint density at radius 1 is 1.36 bits per heavy atom. The number of carbonyl (C=O) groups excluding carboxylic acids is 2. The minimum atomic E-state index is -0.381. The SMILES string of the molecule is Cc1cnc(CC(=O)Nc2cc(C3CCC(OC(=O)NC(C)(C)C)C3)[nH]n2)s1. The molecule has 2 heterocycles. The molecule has 0 bridgehead atoms. The number of hydrogen-bond donors (Lipinski definition) is 3. The third-order valence-corrected chi connectivity index (χ3v) is 5.33. The second kappa shape index (κ2) is 8.30. The number of aromatic amines is 1. The quantitative estimate of drug-likeness (QED) is 0.705. The number of nitrogens with one attached hydrogen (secondary N) is 3. The molecule has 0 aromatic carbocycles. The molecule has 0 saturated heterocycles. The van der Waals surface area contributed by atoms with Crippen molar-refractivity contribution >= 4 is 29.2 Å². The van der Waals surface area contributed by atoms with E-state index < -0.39 is 0 Å². The fourth-order valence-electron chi connectivity index (χ4n) is 3.23. The van der Waals surface area contributed by atoms with E-state index in [0.717, 1.165) is 34.8 Å². The molecule has 1 aliphatic carbocycles. The van der Waals surface area contributed by atoms with Gasteiger partial charge in [0, 0.05) is 34.3 Å². The van der Waals surface area contributed by atoms with Crippen LogP contribution < -0.4 is 10.6 Å². The zero-order valence-electron chi connectivity index (χ0n) is 16.7. The topological polar surface area (TPSA) is 109 Å². The minimum Gasteiger partial charge on any atom is -0.446 e. The molecule has 0 aliphatic heterocycles. The Hall–Kier alpha value is -2.42. The highest BCUT2D eigenvalue weighted by atomic mass is 32.1. The lowest BCUT2D eigenvalue weighted by molar-refractivity contribution is -0.115. The van der Waals surface area contributed by atoms with Crippen molar-refractivity contribution in [1.82, 2.24) is 20.5 Å². The Balaban J connectivity index is 1.49. The van der Waals surface area contributed by atoms with Gasteiger partial charge in [0.1, 0.15) is 11.1 Å². The van der Waals surface area contributed by atoms with E-state index >= 15 is 0 Å². The molecule has 2 unspecified atom stereocenters. The summed E-state index contributed by atoms with van der Waals surface area (Å²) in [5.41, 5.74) is 0.630. The van der Waals surface area contributed by atoms with Gasteiger partial charge in [0.2, 0.25) is 5.91 Å². The predicted molar refractivity (Wildman–Crippen MR) is 108 cm³/mol. The molecule has 28 heavy (non-hydrogen) atoms. The summed E-state index contributed by atoms with van der Waals surface area (Å²) in [6, 6.07) is 1.85. The molecule has 8 nitrogen and oxygen atoms in total. The zero-order chi connectivity index (χ0) is 20.3. The summed E-state index contributed by atoms with van der Waals surface area (Å²) < 4.78 is 5.52. The maximum absolute atomic E-state index is 12.1. The van der Waals surface area contributed by atoms with Crippen LogP contribution in [0.4, 0.5) is 10.6 Å². The number of anilines is 1. The predicted octanol–water partition coefficient (Wildman–Crippen LogP) is 3.52. The summed E-state index contributed by atoms with van der Waals surface area (Å²) in [6.07, 6.45) is 3.97. The van der Waals surface area contributed by atoms with Crippen LogP contribution in [0.2, 0.25) is 0 Å². The van der Waals surface area contributed by atoms with Gasteiger partial charge in [0.05, 0.1) is 6.42 Å². The van der Waals surface area contributed by atoms with Gasteiger partial charge in [-0.05, 0) is 47.0 Å². The summed E-state index contributed by atoms with van der Waals surface area (Å²) in [5.74, 6) is 0.592.